The Morgan fingerprint density at radius 3 is 0.833 bits per heavy atom. The summed E-state index contributed by atoms with van der Waals surface area (Å²) in [6.07, 6.45) is 14.6. The second-order valence-electron chi connectivity index (χ2n) is 13.9. The maximum Gasteiger partial charge on any atom is 4.00 e. The van der Waals surface area contributed by atoms with Crippen molar-refractivity contribution in [3.8, 4) is 0 Å². The summed E-state index contributed by atoms with van der Waals surface area (Å²) in [6.45, 7) is 19.3. The van der Waals surface area contributed by atoms with Crippen LogP contribution < -0.4 is 10.6 Å². The van der Waals surface area contributed by atoms with Gasteiger partial charge in [0.05, 0.1) is 0 Å². The smallest absolute Gasteiger partial charge is 2.00 e. The molecule has 0 aromatic rings. The van der Waals surface area contributed by atoms with E-state index in [1.165, 1.54) is 77.0 Å². The van der Waals surface area contributed by atoms with Gasteiger partial charge in [0.1, 0.15) is 0 Å². The molecule has 0 saturated carbocycles. The first-order chi connectivity index (χ1) is 19.5. The number of nitrogens with zero attached hydrogens (tertiary/aromatic N) is 2. The molecule has 12 unspecified atom stereocenters. The second kappa shape index (κ2) is 15.9. The van der Waals surface area contributed by atoms with Gasteiger partial charge in [-0.3, -0.25) is 0 Å². The zero-order chi connectivity index (χ0) is 28.6. The fourth-order valence-corrected chi connectivity index (χ4v) is 10.8. The molecule has 2 N–H and O–H groups in total. The Bertz CT molecular complexity index is 793. The van der Waals surface area contributed by atoms with Gasteiger partial charge < -0.3 is 26.7 Å². The van der Waals surface area contributed by atoms with E-state index in [1.807, 2.05) is 0 Å². The first-order valence-electron chi connectivity index (χ1n) is 17.8. The quantitative estimate of drug-likeness (QED) is 0.267. The van der Waals surface area contributed by atoms with Crippen LogP contribution in [0.25, 0.3) is 10.6 Å². The predicted molar refractivity (Wildman–Crippen MR) is 173 cm³/mol. The summed E-state index contributed by atoms with van der Waals surface area (Å²) in [6, 6.07) is 3.99. The first kappa shape index (κ1) is 36.3. The summed E-state index contributed by atoms with van der Waals surface area (Å²) in [5, 5.41) is 20.0. The van der Waals surface area contributed by atoms with Gasteiger partial charge in [-0.05, 0) is 51.4 Å². The van der Waals surface area contributed by atoms with Gasteiger partial charge in [-0.2, -0.15) is 0 Å². The van der Waals surface area contributed by atoms with Crippen molar-refractivity contribution in [2.24, 2.45) is 23.7 Å². The van der Waals surface area contributed by atoms with Crippen LogP contribution in [0.1, 0.15) is 132 Å². The molecule has 5 aliphatic rings. The first-order valence-corrected chi connectivity index (χ1v) is 17.8. The summed E-state index contributed by atoms with van der Waals surface area (Å²) in [5.74, 6) is 2.92. The van der Waals surface area contributed by atoms with Crippen LogP contribution in [0.5, 0.6) is 0 Å². The SMILES string of the molecule is CCC1=C(CC)C2CC3[N-]C(CC4NC(CC5[N-]C(CC1N2)C(CC)C5CC)C(CC)=C4CC)C(CC)C3CC.[O-2].[V+4]. The van der Waals surface area contributed by atoms with Crippen LogP contribution in [0, 0.1) is 23.7 Å². The molecule has 0 aromatic heterocycles. The van der Waals surface area contributed by atoms with Crippen molar-refractivity contribution in [3.05, 3.63) is 32.9 Å². The minimum Gasteiger partial charge on any atom is -2.00 e. The molecule has 5 nitrogen and oxygen atoms in total. The summed E-state index contributed by atoms with van der Waals surface area (Å²) >= 11 is 0. The summed E-state index contributed by atoms with van der Waals surface area (Å²) < 4.78 is 0. The Balaban J connectivity index is 0.00000242. The maximum atomic E-state index is 5.74. The van der Waals surface area contributed by atoms with Crippen LogP contribution in [0.15, 0.2) is 22.3 Å². The number of rotatable bonds is 8. The van der Waals surface area contributed by atoms with E-state index < -0.39 is 0 Å². The third-order valence-electron chi connectivity index (χ3n) is 12.5. The summed E-state index contributed by atoms with van der Waals surface area (Å²) in [7, 11) is 0. The van der Waals surface area contributed by atoms with E-state index in [1.54, 1.807) is 22.3 Å². The normalized spacial score (nSPS) is 41.7. The van der Waals surface area contributed by atoms with Gasteiger partial charge in [0.15, 0.2) is 0 Å². The molecule has 0 spiro atoms. The van der Waals surface area contributed by atoms with E-state index in [9.17, 15) is 0 Å². The average Bonchev–Trinajstić information content (AvgIpc) is 3.67. The van der Waals surface area contributed by atoms with Crippen LogP contribution in [-0.2, 0) is 24.0 Å². The van der Waals surface area contributed by atoms with Crippen molar-refractivity contribution in [1.82, 2.24) is 10.6 Å². The van der Waals surface area contributed by atoms with Crippen molar-refractivity contribution in [2.45, 2.75) is 181 Å². The molecule has 5 rings (SSSR count). The second-order valence-corrected chi connectivity index (χ2v) is 13.9. The summed E-state index contributed by atoms with van der Waals surface area (Å²) in [4.78, 5) is 0. The molecule has 237 valence electrons. The van der Waals surface area contributed by atoms with Crippen molar-refractivity contribution >= 4 is 0 Å². The minimum atomic E-state index is 0. The van der Waals surface area contributed by atoms with Crippen molar-refractivity contribution in [1.29, 1.82) is 0 Å². The molecule has 5 heterocycles. The zero-order valence-electron chi connectivity index (χ0n) is 28.2. The van der Waals surface area contributed by atoms with E-state index in [0.29, 0.717) is 48.3 Å². The molecule has 3 fully saturated rings. The van der Waals surface area contributed by atoms with Gasteiger partial charge in [0.2, 0.25) is 0 Å². The van der Waals surface area contributed by atoms with Gasteiger partial charge in [-0.1, -0.05) is 127 Å². The van der Waals surface area contributed by atoms with Gasteiger partial charge in [-0.15, -0.1) is 24.2 Å². The van der Waals surface area contributed by atoms with Crippen LogP contribution in [0.3, 0.4) is 0 Å². The number of nitrogens with one attached hydrogen (secondary N) is 2. The van der Waals surface area contributed by atoms with Gasteiger partial charge >= 0.3 is 18.6 Å². The largest absolute Gasteiger partial charge is 4.00 e. The van der Waals surface area contributed by atoms with Gasteiger partial charge in [0, 0.05) is 24.2 Å². The monoisotopic (exact) mass is 617 g/mol. The van der Waals surface area contributed by atoms with E-state index in [0.717, 1.165) is 23.7 Å². The molecule has 0 aliphatic carbocycles. The third-order valence-corrected chi connectivity index (χ3v) is 12.5. The van der Waals surface area contributed by atoms with E-state index in [-0.39, 0.29) is 24.0 Å². The third kappa shape index (κ3) is 6.55. The summed E-state index contributed by atoms with van der Waals surface area (Å²) in [5.41, 5.74) is 6.88. The zero-order valence-corrected chi connectivity index (χ0v) is 29.6. The Kier molecular flexibility index (Phi) is 13.8. The molecule has 12 atom stereocenters. The van der Waals surface area contributed by atoms with Crippen molar-refractivity contribution in [2.75, 3.05) is 0 Å². The van der Waals surface area contributed by atoms with E-state index in [2.05, 4.69) is 66.0 Å². The molecule has 8 bridgehead atoms. The molecular weight excluding hydrogens is 555 g/mol. The molecule has 42 heavy (non-hydrogen) atoms. The number of hydrogen-bond acceptors (Lipinski definition) is 2. The molecule has 0 aromatic carbocycles. The fraction of sp³-hybridized carbons (Fsp3) is 0.889. The Labute approximate surface area is 271 Å². The molecule has 1 radical (unpaired) electrons. The van der Waals surface area contributed by atoms with E-state index >= 15 is 0 Å². The molecule has 3 saturated heterocycles. The number of hydrogen-bond donors (Lipinski definition) is 2. The average molecular weight is 618 g/mol. The Morgan fingerprint density at radius 2 is 0.667 bits per heavy atom. The van der Waals surface area contributed by atoms with Crippen molar-refractivity contribution < 1.29 is 24.0 Å². The van der Waals surface area contributed by atoms with Crippen LogP contribution in [-0.4, -0.2) is 48.3 Å². The van der Waals surface area contributed by atoms with Crippen molar-refractivity contribution in [3.63, 3.8) is 0 Å². The maximum absolute atomic E-state index is 5.74. The molecule has 5 aliphatic heterocycles. The minimum absolute atomic E-state index is 0. The Hall–Kier alpha value is -0.136. The number of fused-ring (bicyclic) bond motifs is 8. The van der Waals surface area contributed by atoms with Crippen LogP contribution >= 0.6 is 0 Å². The van der Waals surface area contributed by atoms with Crippen LogP contribution in [0.2, 0.25) is 0 Å². The topological polar surface area (TPSA) is 80.8 Å². The van der Waals surface area contributed by atoms with Gasteiger partial charge in [-0.25, -0.2) is 0 Å². The predicted octanol–water partition coefficient (Wildman–Crippen LogP) is 8.71. The molecule has 0 amide bonds. The van der Waals surface area contributed by atoms with Crippen LogP contribution in [0.4, 0.5) is 0 Å². The Morgan fingerprint density at radius 1 is 0.452 bits per heavy atom. The standard InChI is InChI=1S/C36H62N4.O.V/c1-9-21-22(10-2)30-18-32-25(13-5)26(14-6)34(39-32)20-36-28(16-8)27(15-7)35(40-36)19-33-24(12-4)23(11-3)31(38-33)17-29(21)37-30;;/h21-22,27-36,38-39H,9-20H2,1-8H3;;/q2*-2;+4. The molecule has 6 heteroatoms. The molecular formula is C36H62N4OV. The van der Waals surface area contributed by atoms with E-state index in [4.69, 9.17) is 10.6 Å². The van der Waals surface area contributed by atoms with Gasteiger partial charge in [0.25, 0.3) is 0 Å². The fourth-order valence-electron chi connectivity index (χ4n) is 10.8.